The molecule has 0 spiro atoms. The van der Waals surface area contributed by atoms with Gasteiger partial charge in [0.05, 0.1) is 5.92 Å². The topological polar surface area (TPSA) is 26.3 Å². The molecule has 0 bridgehead atoms. The van der Waals surface area contributed by atoms with E-state index >= 15 is 0 Å². The summed E-state index contributed by atoms with van der Waals surface area (Å²) < 4.78 is 5.61. The molecule has 0 amide bonds. The molecule has 1 aliphatic heterocycles. The highest BCUT2D eigenvalue weighted by atomic mass is 16.6. The summed E-state index contributed by atoms with van der Waals surface area (Å²) in [5.74, 6) is -0.00421. The second-order valence-corrected chi connectivity index (χ2v) is 5.03. The molecular weight excluding hydrogens is 176 g/mol. The van der Waals surface area contributed by atoms with Crippen LogP contribution in [0.5, 0.6) is 0 Å². The molecule has 14 heavy (non-hydrogen) atoms. The lowest BCUT2D eigenvalue weighted by atomic mass is 9.68. The zero-order valence-electron chi connectivity index (χ0n) is 9.01. The Morgan fingerprint density at radius 2 is 2.29 bits per heavy atom. The third-order valence-corrected chi connectivity index (χ3v) is 4.07. The highest BCUT2D eigenvalue weighted by molar-refractivity contribution is 5.74. The van der Waals surface area contributed by atoms with E-state index in [1.54, 1.807) is 0 Å². The Kier molecular flexibility index (Phi) is 1.98. The smallest absolute Gasteiger partial charge is 0.309 e. The van der Waals surface area contributed by atoms with E-state index in [1.807, 2.05) is 13.0 Å². The predicted octanol–water partition coefficient (Wildman–Crippen LogP) is 2.68. The van der Waals surface area contributed by atoms with Crippen LogP contribution in [0.1, 0.15) is 39.5 Å². The summed E-state index contributed by atoms with van der Waals surface area (Å²) in [6.45, 7) is 8.03. The van der Waals surface area contributed by atoms with Gasteiger partial charge in [0.25, 0.3) is 0 Å². The Bertz CT molecular complexity index is 284. The molecular formula is C12H18O2. The molecule has 2 aliphatic rings. The number of ether oxygens (including phenoxy) is 1. The summed E-state index contributed by atoms with van der Waals surface area (Å²) in [5.41, 5.74) is -0.237. The molecule has 2 heteroatoms. The van der Waals surface area contributed by atoms with E-state index in [4.69, 9.17) is 4.74 Å². The lowest BCUT2D eigenvalue weighted by Crippen LogP contribution is -2.50. The van der Waals surface area contributed by atoms with Gasteiger partial charge in [-0.2, -0.15) is 0 Å². The molecule has 0 unspecified atom stereocenters. The van der Waals surface area contributed by atoms with Gasteiger partial charge in [0.2, 0.25) is 0 Å². The van der Waals surface area contributed by atoms with Crippen LogP contribution in [-0.2, 0) is 9.53 Å². The number of carbonyl (C=O) groups excluding carboxylic acids is 1. The van der Waals surface area contributed by atoms with Gasteiger partial charge in [-0.3, -0.25) is 4.79 Å². The fourth-order valence-electron chi connectivity index (χ4n) is 3.13. The molecule has 0 aromatic heterocycles. The highest BCUT2D eigenvalue weighted by Crippen LogP contribution is 2.55. The first-order chi connectivity index (χ1) is 6.53. The normalized spacial score (nSPS) is 47.0. The molecule has 1 saturated heterocycles. The standard InChI is InChI=1S/C12H18O2/c1-4-12-7-5-6-11(12,3)8-9(2)10(13)14-12/h4,9H,1,5-8H2,2-3H3/t9-,11+,12+/m1/s1. The van der Waals surface area contributed by atoms with Crippen molar-refractivity contribution in [2.75, 3.05) is 0 Å². The summed E-state index contributed by atoms with van der Waals surface area (Å²) in [4.78, 5) is 11.6. The van der Waals surface area contributed by atoms with Crippen LogP contribution in [0.15, 0.2) is 12.7 Å². The summed E-state index contributed by atoms with van der Waals surface area (Å²) in [6, 6.07) is 0. The van der Waals surface area contributed by atoms with Gasteiger partial charge in [-0.15, -0.1) is 0 Å². The van der Waals surface area contributed by atoms with Crippen molar-refractivity contribution in [3.8, 4) is 0 Å². The number of hydrogen-bond donors (Lipinski definition) is 0. The van der Waals surface area contributed by atoms with E-state index in [1.165, 1.54) is 0 Å². The second kappa shape index (κ2) is 2.85. The van der Waals surface area contributed by atoms with Gasteiger partial charge < -0.3 is 4.74 Å². The van der Waals surface area contributed by atoms with Gasteiger partial charge in [0.1, 0.15) is 5.60 Å². The van der Waals surface area contributed by atoms with Crippen LogP contribution in [0.2, 0.25) is 0 Å². The Morgan fingerprint density at radius 1 is 1.57 bits per heavy atom. The van der Waals surface area contributed by atoms with Gasteiger partial charge in [-0.05, 0) is 31.8 Å². The SMILES string of the molecule is C=C[C@]12CCC[C@@]1(C)C[C@@H](C)C(=O)O2. The monoisotopic (exact) mass is 194 g/mol. The maximum absolute atomic E-state index is 11.6. The minimum Gasteiger partial charge on any atom is -0.454 e. The van der Waals surface area contributed by atoms with E-state index in [9.17, 15) is 4.79 Å². The van der Waals surface area contributed by atoms with Crippen molar-refractivity contribution in [3.05, 3.63) is 12.7 Å². The quantitative estimate of drug-likeness (QED) is 0.474. The first-order valence-electron chi connectivity index (χ1n) is 5.39. The van der Waals surface area contributed by atoms with Crippen molar-refractivity contribution in [1.29, 1.82) is 0 Å². The van der Waals surface area contributed by atoms with E-state index in [0.717, 1.165) is 25.7 Å². The van der Waals surface area contributed by atoms with Gasteiger partial charge in [-0.1, -0.05) is 20.4 Å². The Balaban J connectivity index is 2.36. The average Bonchev–Trinajstić information content (AvgIpc) is 2.44. The van der Waals surface area contributed by atoms with Crippen molar-refractivity contribution in [3.63, 3.8) is 0 Å². The molecule has 2 fully saturated rings. The largest absolute Gasteiger partial charge is 0.454 e. The average molecular weight is 194 g/mol. The number of hydrogen-bond acceptors (Lipinski definition) is 2. The van der Waals surface area contributed by atoms with E-state index in [2.05, 4.69) is 13.5 Å². The summed E-state index contributed by atoms with van der Waals surface area (Å²) in [5, 5.41) is 0. The van der Waals surface area contributed by atoms with E-state index < -0.39 is 0 Å². The molecule has 2 rings (SSSR count). The molecule has 0 radical (unpaired) electrons. The second-order valence-electron chi connectivity index (χ2n) is 5.03. The fraction of sp³-hybridized carbons (Fsp3) is 0.750. The van der Waals surface area contributed by atoms with Crippen LogP contribution < -0.4 is 0 Å². The molecule has 0 N–H and O–H groups in total. The lowest BCUT2D eigenvalue weighted by Gasteiger charge is -2.46. The van der Waals surface area contributed by atoms with Crippen LogP contribution in [0.25, 0.3) is 0 Å². The van der Waals surface area contributed by atoms with Crippen molar-refractivity contribution in [2.45, 2.75) is 45.1 Å². The molecule has 0 aromatic rings. The van der Waals surface area contributed by atoms with Crippen LogP contribution in [0.4, 0.5) is 0 Å². The van der Waals surface area contributed by atoms with Crippen LogP contribution in [0.3, 0.4) is 0 Å². The van der Waals surface area contributed by atoms with Gasteiger partial charge in [0.15, 0.2) is 0 Å². The van der Waals surface area contributed by atoms with Crippen molar-refractivity contribution in [2.24, 2.45) is 11.3 Å². The van der Waals surface area contributed by atoms with Crippen LogP contribution in [0, 0.1) is 11.3 Å². The zero-order valence-corrected chi connectivity index (χ0v) is 9.01. The Labute approximate surface area is 85.3 Å². The summed E-state index contributed by atoms with van der Waals surface area (Å²) in [6.07, 6.45) is 6.03. The summed E-state index contributed by atoms with van der Waals surface area (Å²) in [7, 11) is 0. The number of fused-ring (bicyclic) bond motifs is 1. The van der Waals surface area contributed by atoms with Gasteiger partial charge in [-0.25, -0.2) is 0 Å². The number of carbonyl (C=O) groups is 1. The maximum atomic E-state index is 11.6. The van der Waals surface area contributed by atoms with Crippen molar-refractivity contribution >= 4 is 5.97 Å². The lowest BCUT2D eigenvalue weighted by molar-refractivity contribution is -0.183. The minimum atomic E-state index is -0.364. The molecule has 2 nitrogen and oxygen atoms in total. The molecule has 1 heterocycles. The molecule has 78 valence electrons. The van der Waals surface area contributed by atoms with Crippen LogP contribution >= 0.6 is 0 Å². The predicted molar refractivity (Wildman–Crippen MR) is 54.8 cm³/mol. The third kappa shape index (κ3) is 1.06. The maximum Gasteiger partial charge on any atom is 0.309 e. The molecule has 3 atom stereocenters. The highest BCUT2D eigenvalue weighted by Gasteiger charge is 2.57. The molecule has 1 aliphatic carbocycles. The first-order valence-corrected chi connectivity index (χ1v) is 5.39. The Hall–Kier alpha value is -0.790. The van der Waals surface area contributed by atoms with Crippen molar-refractivity contribution in [1.82, 2.24) is 0 Å². The van der Waals surface area contributed by atoms with Crippen molar-refractivity contribution < 1.29 is 9.53 Å². The number of rotatable bonds is 1. The zero-order chi connectivity index (χ0) is 10.4. The Morgan fingerprint density at radius 3 is 2.93 bits per heavy atom. The van der Waals surface area contributed by atoms with Crippen LogP contribution in [-0.4, -0.2) is 11.6 Å². The number of esters is 1. The minimum absolute atomic E-state index is 0.0474. The summed E-state index contributed by atoms with van der Waals surface area (Å²) >= 11 is 0. The molecule has 1 saturated carbocycles. The van der Waals surface area contributed by atoms with E-state index in [0.29, 0.717) is 0 Å². The third-order valence-electron chi connectivity index (χ3n) is 4.07. The van der Waals surface area contributed by atoms with Gasteiger partial charge in [0, 0.05) is 5.41 Å². The van der Waals surface area contributed by atoms with Gasteiger partial charge >= 0.3 is 5.97 Å². The first kappa shape index (κ1) is 9.75. The fourth-order valence-corrected chi connectivity index (χ4v) is 3.13. The molecule has 0 aromatic carbocycles. The van der Waals surface area contributed by atoms with E-state index in [-0.39, 0.29) is 22.9 Å².